The summed E-state index contributed by atoms with van der Waals surface area (Å²) in [5.41, 5.74) is 0.843. The van der Waals surface area contributed by atoms with Crippen LogP contribution >= 0.6 is 0 Å². The van der Waals surface area contributed by atoms with Crippen LogP contribution in [0.25, 0.3) is 0 Å². The Morgan fingerprint density at radius 1 is 1.21 bits per heavy atom. The standard InChI is InChI=1S/C13H19NO4S/c1-2-19(15,16)9-6-14-11-4-5-12-13(10-11)18-8-3-7-17-12/h4-5,10,14H,2-3,6-9H2,1H3. The molecule has 5 nitrogen and oxygen atoms in total. The van der Waals surface area contributed by atoms with Crippen LogP contribution in [0.15, 0.2) is 18.2 Å². The fourth-order valence-electron chi connectivity index (χ4n) is 1.77. The summed E-state index contributed by atoms with van der Waals surface area (Å²) in [5.74, 6) is 1.76. The van der Waals surface area contributed by atoms with Crippen LogP contribution in [0.1, 0.15) is 13.3 Å². The first kappa shape index (κ1) is 14.0. The van der Waals surface area contributed by atoms with Crippen molar-refractivity contribution in [3.05, 3.63) is 18.2 Å². The molecular weight excluding hydrogens is 266 g/mol. The van der Waals surface area contributed by atoms with Crippen molar-refractivity contribution in [1.82, 2.24) is 0 Å². The van der Waals surface area contributed by atoms with E-state index in [4.69, 9.17) is 9.47 Å². The minimum Gasteiger partial charge on any atom is -0.490 e. The average molecular weight is 285 g/mol. The normalized spacial score (nSPS) is 14.8. The Hall–Kier alpha value is -1.43. The highest BCUT2D eigenvalue weighted by atomic mass is 32.2. The van der Waals surface area contributed by atoms with E-state index in [9.17, 15) is 8.42 Å². The Bertz CT molecular complexity index is 527. The van der Waals surface area contributed by atoms with Crippen LogP contribution in [0, 0.1) is 0 Å². The lowest BCUT2D eigenvalue weighted by Gasteiger charge is -2.11. The summed E-state index contributed by atoms with van der Waals surface area (Å²) in [6, 6.07) is 5.56. The van der Waals surface area contributed by atoms with Gasteiger partial charge < -0.3 is 14.8 Å². The predicted octanol–water partition coefficient (Wildman–Crippen LogP) is 1.69. The highest BCUT2D eigenvalue weighted by Gasteiger charge is 2.11. The third-order valence-corrected chi connectivity index (χ3v) is 4.64. The van der Waals surface area contributed by atoms with Gasteiger partial charge in [0.15, 0.2) is 21.3 Å². The predicted molar refractivity (Wildman–Crippen MR) is 74.9 cm³/mol. The van der Waals surface area contributed by atoms with Crippen LogP contribution in [0.3, 0.4) is 0 Å². The summed E-state index contributed by atoms with van der Waals surface area (Å²) in [6.07, 6.45) is 0.867. The first-order valence-electron chi connectivity index (χ1n) is 6.44. The monoisotopic (exact) mass is 285 g/mol. The largest absolute Gasteiger partial charge is 0.490 e. The first-order chi connectivity index (χ1) is 9.11. The summed E-state index contributed by atoms with van der Waals surface area (Å²) >= 11 is 0. The molecule has 1 aromatic carbocycles. The van der Waals surface area contributed by atoms with Gasteiger partial charge in [-0.15, -0.1) is 0 Å². The minimum atomic E-state index is -2.93. The molecule has 0 amide bonds. The van der Waals surface area contributed by atoms with E-state index in [0.717, 1.165) is 17.9 Å². The van der Waals surface area contributed by atoms with Gasteiger partial charge in [-0.3, -0.25) is 0 Å². The highest BCUT2D eigenvalue weighted by molar-refractivity contribution is 7.91. The average Bonchev–Trinajstić information content (AvgIpc) is 2.63. The van der Waals surface area contributed by atoms with Gasteiger partial charge in [0.2, 0.25) is 0 Å². The maximum Gasteiger partial charge on any atom is 0.163 e. The highest BCUT2D eigenvalue weighted by Crippen LogP contribution is 2.32. The van der Waals surface area contributed by atoms with Crippen molar-refractivity contribution in [1.29, 1.82) is 0 Å². The SMILES string of the molecule is CCS(=O)(=O)CCNc1ccc2c(c1)OCCCO2. The van der Waals surface area contributed by atoms with E-state index in [0.29, 0.717) is 25.5 Å². The molecule has 1 aliphatic rings. The van der Waals surface area contributed by atoms with E-state index >= 15 is 0 Å². The van der Waals surface area contributed by atoms with Gasteiger partial charge in [-0.1, -0.05) is 6.92 Å². The van der Waals surface area contributed by atoms with Gasteiger partial charge in [0.05, 0.1) is 19.0 Å². The van der Waals surface area contributed by atoms with Gasteiger partial charge in [-0.05, 0) is 12.1 Å². The first-order valence-corrected chi connectivity index (χ1v) is 8.27. The fourth-order valence-corrected chi connectivity index (χ4v) is 2.47. The van der Waals surface area contributed by atoms with E-state index in [1.54, 1.807) is 6.92 Å². The van der Waals surface area contributed by atoms with Gasteiger partial charge >= 0.3 is 0 Å². The van der Waals surface area contributed by atoms with Gasteiger partial charge in [0.25, 0.3) is 0 Å². The number of benzene rings is 1. The van der Waals surface area contributed by atoms with Crippen molar-refractivity contribution in [2.45, 2.75) is 13.3 Å². The van der Waals surface area contributed by atoms with E-state index in [-0.39, 0.29) is 11.5 Å². The molecule has 1 heterocycles. The zero-order chi connectivity index (χ0) is 13.7. The second-order valence-electron chi connectivity index (χ2n) is 4.38. The number of nitrogens with one attached hydrogen (secondary N) is 1. The number of rotatable bonds is 5. The second kappa shape index (κ2) is 6.14. The molecule has 0 fully saturated rings. The zero-order valence-corrected chi connectivity index (χ0v) is 11.8. The van der Waals surface area contributed by atoms with Gasteiger partial charge in [-0.2, -0.15) is 0 Å². The van der Waals surface area contributed by atoms with E-state index in [1.807, 2.05) is 18.2 Å². The van der Waals surface area contributed by atoms with Gasteiger partial charge in [0.1, 0.15) is 0 Å². The molecule has 2 rings (SSSR count). The van der Waals surface area contributed by atoms with E-state index in [2.05, 4.69) is 5.32 Å². The number of hydrogen-bond acceptors (Lipinski definition) is 5. The minimum absolute atomic E-state index is 0.137. The molecule has 106 valence electrons. The van der Waals surface area contributed by atoms with Crippen molar-refractivity contribution in [3.8, 4) is 11.5 Å². The molecule has 0 saturated heterocycles. The fraction of sp³-hybridized carbons (Fsp3) is 0.538. The maximum atomic E-state index is 11.4. The lowest BCUT2D eigenvalue weighted by molar-refractivity contribution is 0.297. The Kier molecular flexibility index (Phi) is 4.52. The molecule has 1 aromatic rings. The molecule has 0 atom stereocenters. The van der Waals surface area contributed by atoms with Crippen LogP contribution in [-0.4, -0.2) is 39.7 Å². The molecule has 0 unspecified atom stereocenters. The van der Waals surface area contributed by atoms with Crippen LogP contribution in [-0.2, 0) is 9.84 Å². The lowest BCUT2D eigenvalue weighted by Crippen LogP contribution is -2.17. The van der Waals surface area contributed by atoms with Crippen molar-refractivity contribution in [3.63, 3.8) is 0 Å². The summed E-state index contributed by atoms with van der Waals surface area (Å²) < 4.78 is 33.9. The number of hydrogen-bond donors (Lipinski definition) is 1. The molecule has 6 heteroatoms. The molecule has 0 radical (unpaired) electrons. The van der Waals surface area contributed by atoms with E-state index < -0.39 is 9.84 Å². The Morgan fingerprint density at radius 3 is 2.68 bits per heavy atom. The summed E-state index contributed by atoms with van der Waals surface area (Å²) in [7, 11) is -2.93. The summed E-state index contributed by atoms with van der Waals surface area (Å²) in [6.45, 7) is 3.36. The molecule has 0 aliphatic carbocycles. The Morgan fingerprint density at radius 2 is 1.95 bits per heavy atom. The Balaban J connectivity index is 1.96. The zero-order valence-electron chi connectivity index (χ0n) is 11.0. The molecule has 1 N–H and O–H groups in total. The summed E-state index contributed by atoms with van der Waals surface area (Å²) in [4.78, 5) is 0. The number of sulfone groups is 1. The number of ether oxygens (including phenoxy) is 2. The van der Waals surface area contributed by atoms with Crippen LogP contribution in [0.5, 0.6) is 11.5 Å². The van der Waals surface area contributed by atoms with Crippen molar-refractivity contribution >= 4 is 15.5 Å². The lowest BCUT2D eigenvalue weighted by atomic mass is 10.2. The van der Waals surface area contributed by atoms with Crippen LogP contribution in [0.4, 0.5) is 5.69 Å². The Labute approximate surface area is 113 Å². The maximum absolute atomic E-state index is 11.4. The van der Waals surface area contributed by atoms with Crippen LogP contribution < -0.4 is 14.8 Å². The second-order valence-corrected chi connectivity index (χ2v) is 6.85. The molecule has 19 heavy (non-hydrogen) atoms. The van der Waals surface area contributed by atoms with Gasteiger partial charge in [-0.25, -0.2) is 8.42 Å². The number of fused-ring (bicyclic) bond motifs is 1. The molecule has 0 spiro atoms. The molecule has 0 bridgehead atoms. The quantitative estimate of drug-likeness (QED) is 0.892. The molecular formula is C13H19NO4S. The molecule has 1 aliphatic heterocycles. The smallest absolute Gasteiger partial charge is 0.163 e. The third-order valence-electron chi connectivity index (χ3n) is 2.93. The van der Waals surface area contributed by atoms with E-state index in [1.165, 1.54) is 0 Å². The van der Waals surface area contributed by atoms with Crippen LogP contribution in [0.2, 0.25) is 0 Å². The molecule has 0 saturated carbocycles. The topological polar surface area (TPSA) is 64.6 Å². The summed E-state index contributed by atoms with van der Waals surface area (Å²) in [5, 5.41) is 3.09. The molecule has 0 aromatic heterocycles. The van der Waals surface area contributed by atoms with Crippen molar-refractivity contribution in [2.75, 3.05) is 36.6 Å². The third kappa shape index (κ3) is 4.02. The number of anilines is 1. The van der Waals surface area contributed by atoms with Gasteiger partial charge in [0, 0.05) is 30.5 Å². The van der Waals surface area contributed by atoms with Crippen molar-refractivity contribution in [2.24, 2.45) is 0 Å². The van der Waals surface area contributed by atoms with Crippen molar-refractivity contribution < 1.29 is 17.9 Å².